The first-order chi connectivity index (χ1) is 8.20. The molecule has 0 saturated carbocycles. The van der Waals surface area contributed by atoms with Gasteiger partial charge in [0.05, 0.1) is 5.76 Å². The Labute approximate surface area is 109 Å². The molecule has 0 aliphatic heterocycles. The van der Waals surface area contributed by atoms with Crippen LogP contribution >= 0.6 is 0 Å². The molecule has 0 fully saturated rings. The molecule has 2 aromatic rings. The summed E-state index contributed by atoms with van der Waals surface area (Å²) in [4.78, 5) is 11.9. The van der Waals surface area contributed by atoms with Crippen LogP contribution in [0.3, 0.4) is 0 Å². The van der Waals surface area contributed by atoms with Gasteiger partial charge >= 0.3 is 16.6 Å². The van der Waals surface area contributed by atoms with Crippen LogP contribution in [0, 0.1) is 0 Å². The highest BCUT2D eigenvalue weighted by Gasteiger charge is 2.04. The van der Waals surface area contributed by atoms with Crippen LogP contribution < -0.4 is 0 Å². The van der Waals surface area contributed by atoms with Gasteiger partial charge in [-0.25, -0.2) is 0 Å². The van der Waals surface area contributed by atoms with E-state index in [0.717, 1.165) is 10.8 Å². The Bertz CT molecular complexity index is 588. The molecule has 2 aromatic carbocycles. The Morgan fingerprint density at radius 1 is 1.18 bits per heavy atom. The monoisotopic (exact) mass is 238 g/mol. The molecule has 3 heteroatoms. The minimum absolute atomic E-state index is 0.0456. The van der Waals surface area contributed by atoms with Gasteiger partial charge in [-0.15, -0.1) is 0 Å². The van der Waals surface area contributed by atoms with Gasteiger partial charge in [-0.2, -0.15) is 0 Å². The number of fused-ring (bicyclic) bond motifs is 1. The van der Waals surface area contributed by atoms with Gasteiger partial charge in [-0.05, 0) is 23.8 Å². The van der Waals surface area contributed by atoms with E-state index in [1.165, 1.54) is 6.08 Å². The smallest absolute Gasteiger partial charge is 0.481 e. The number of hydrogen-bond donors (Lipinski definition) is 0. The predicted octanol–water partition coefficient (Wildman–Crippen LogP) is 3.03. The summed E-state index contributed by atoms with van der Waals surface area (Å²) >= 11 is 2.12. The summed E-state index contributed by atoms with van der Waals surface area (Å²) in [7, 11) is 0. The number of hydrogen-bond acceptors (Lipinski definition) is 2. The van der Waals surface area contributed by atoms with Crippen LogP contribution in [-0.2, 0) is 3.79 Å². The normalized spacial score (nSPS) is 11.5. The van der Waals surface area contributed by atoms with Crippen LogP contribution in [0.25, 0.3) is 10.8 Å². The summed E-state index contributed by atoms with van der Waals surface area (Å²) < 4.78 is 4.89. The minimum Gasteiger partial charge on any atom is -0.657 e. The van der Waals surface area contributed by atoms with E-state index >= 15 is 0 Å². The fraction of sp³-hybridized carbons (Fsp3) is 0.0714. The molecule has 17 heavy (non-hydrogen) atoms. The molecule has 0 heterocycles. The number of carbonyl (C=O) groups excluding carboxylic acids is 1. The second kappa shape index (κ2) is 5.18. The zero-order valence-corrected chi connectivity index (χ0v) is 10.7. The second-order valence-electron chi connectivity index (χ2n) is 3.80. The lowest BCUT2D eigenvalue weighted by Gasteiger charge is -2.03. The molecule has 0 aliphatic carbocycles. The Morgan fingerprint density at radius 3 is 2.59 bits per heavy atom. The first-order valence-electron chi connectivity index (χ1n) is 5.29. The maximum Gasteiger partial charge on any atom is 0.481 e. The van der Waals surface area contributed by atoms with Gasteiger partial charge in [0.2, 0.25) is 0 Å². The highest BCUT2D eigenvalue weighted by atomic mass is 27.1. The van der Waals surface area contributed by atoms with Crippen molar-refractivity contribution in [1.29, 1.82) is 0 Å². The van der Waals surface area contributed by atoms with Crippen molar-refractivity contribution in [2.75, 3.05) is 0 Å². The molecule has 0 aliphatic rings. The number of allylic oxidation sites excluding steroid dienone is 2. The Balaban J connectivity index is 2.40. The summed E-state index contributed by atoms with van der Waals surface area (Å²) in [6, 6.07) is 13.6. The molecule has 0 saturated heterocycles. The molecule has 0 N–H and O–H groups in total. The summed E-state index contributed by atoms with van der Waals surface area (Å²) in [6.45, 7) is 1.74. The molecule has 0 aromatic heterocycles. The Hall–Kier alpha value is -1.56. The van der Waals surface area contributed by atoms with Crippen molar-refractivity contribution in [3.05, 3.63) is 59.9 Å². The van der Waals surface area contributed by atoms with E-state index in [0.29, 0.717) is 11.3 Å². The van der Waals surface area contributed by atoms with Crippen molar-refractivity contribution in [2.45, 2.75) is 6.92 Å². The lowest BCUT2D eigenvalue weighted by molar-refractivity contribution is 0.104. The van der Waals surface area contributed by atoms with Crippen LogP contribution in [0.5, 0.6) is 0 Å². The van der Waals surface area contributed by atoms with Crippen molar-refractivity contribution in [3.8, 4) is 0 Å². The van der Waals surface area contributed by atoms with Crippen LogP contribution in [0.1, 0.15) is 17.3 Å². The highest BCUT2D eigenvalue weighted by Crippen LogP contribution is 2.16. The van der Waals surface area contributed by atoms with Gasteiger partial charge in [-0.1, -0.05) is 36.4 Å². The quantitative estimate of drug-likeness (QED) is 0.355. The van der Waals surface area contributed by atoms with E-state index < -0.39 is 0 Å². The number of carbonyl (C=O) groups is 1. The van der Waals surface area contributed by atoms with E-state index in [9.17, 15) is 4.79 Å². The number of rotatable bonds is 3. The average molecular weight is 238 g/mol. The van der Waals surface area contributed by atoms with Gasteiger partial charge in [-0.3, -0.25) is 4.79 Å². The highest BCUT2D eigenvalue weighted by molar-refractivity contribution is 6.07. The summed E-state index contributed by atoms with van der Waals surface area (Å²) in [5, 5.41) is 2.20. The fourth-order valence-corrected chi connectivity index (χ4v) is 1.71. The Morgan fingerprint density at radius 2 is 1.88 bits per heavy atom. The van der Waals surface area contributed by atoms with Crippen molar-refractivity contribution in [3.63, 3.8) is 0 Å². The summed E-state index contributed by atoms with van der Waals surface area (Å²) in [6.07, 6.45) is 1.48. The van der Waals surface area contributed by atoms with Crippen LogP contribution in [0.2, 0.25) is 0 Å². The second-order valence-corrected chi connectivity index (χ2v) is 4.03. The molecule has 82 valence electrons. The van der Waals surface area contributed by atoms with Gasteiger partial charge < -0.3 is 3.79 Å². The zero-order valence-electron chi connectivity index (χ0n) is 9.51. The van der Waals surface area contributed by atoms with Crippen molar-refractivity contribution in [1.82, 2.24) is 0 Å². The molecule has 0 spiro atoms. The summed E-state index contributed by atoms with van der Waals surface area (Å²) in [5.41, 5.74) is 0.671. The van der Waals surface area contributed by atoms with Crippen LogP contribution in [0.15, 0.2) is 54.3 Å². The van der Waals surface area contributed by atoms with Gasteiger partial charge in [0.1, 0.15) is 0 Å². The summed E-state index contributed by atoms with van der Waals surface area (Å²) in [5.74, 6) is 0.531. The first-order valence-corrected chi connectivity index (χ1v) is 5.76. The van der Waals surface area contributed by atoms with Gasteiger partial charge in [0.25, 0.3) is 0 Å². The molecular formula is C14H11AlO2. The third kappa shape index (κ3) is 2.76. The van der Waals surface area contributed by atoms with E-state index in [1.807, 2.05) is 42.5 Å². The van der Waals surface area contributed by atoms with Gasteiger partial charge in [0.15, 0.2) is 5.78 Å². The maximum atomic E-state index is 11.9. The molecule has 2 rings (SSSR count). The van der Waals surface area contributed by atoms with E-state index in [1.54, 1.807) is 6.92 Å². The van der Waals surface area contributed by atoms with Crippen LogP contribution in [-0.4, -0.2) is 22.4 Å². The molecule has 0 atom stereocenters. The molecule has 0 bridgehead atoms. The molecule has 0 unspecified atom stereocenters. The minimum atomic E-state index is -0.0456. The lowest BCUT2D eigenvalue weighted by atomic mass is 10.0. The number of benzene rings is 2. The zero-order chi connectivity index (χ0) is 12.3. The van der Waals surface area contributed by atoms with E-state index in [4.69, 9.17) is 3.79 Å². The van der Waals surface area contributed by atoms with Gasteiger partial charge in [0, 0.05) is 11.6 Å². The third-order valence-electron chi connectivity index (χ3n) is 2.55. The Kier molecular flexibility index (Phi) is 3.63. The lowest BCUT2D eigenvalue weighted by Crippen LogP contribution is -1.96. The SMILES string of the molecule is CC(=CC(=O)c1ccc2ccccc2c1)[O][Al]. The number of ketones is 1. The fourth-order valence-electron chi connectivity index (χ4n) is 1.64. The van der Waals surface area contributed by atoms with Crippen LogP contribution in [0.4, 0.5) is 0 Å². The van der Waals surface area contributed by atoms with Crippen molar-refractivity contribution in [2.24, 2.45) is 0 Å². The van der Waals surface area contributed by atoms with E-state index in [-0.39, 0.29) is 5.78 Å². The first kappa shape index (κ1) is 11.9. The van der Waals surface area contributed by atoms with Crippen molar-refractivity contribution >= 4 is 33.2 Å². The topological polar surface area (TPSA) is 26.3 Å². The molecule has 2 nitrogen and oxygen atoms in total. The predicted molar refractivity (Wildman–Crippen MR) is 68.9 cm³/mol. The molecular weight excluding hydrogens is 227 g/mol. The average Bonchev–Trinajstić information content (AvgIpc) is 2.38. The molecule has 0 amide bonds. The van der Waals surface area contributed by atoms with Crippen molar-refractivity contribution < 1.29 is 8.58 Å². The third-order valence-corrected chi connectivity index (χ3v) is 2.93. The molecule has 2 radical (unpaired) electrons. The van der Waals surface area contributed by atoms with E-state index in [2.05, 4.69) is 16.6 Å². The standard InChI is InChI=1S/C14H12O2.Al/c1-10(15)8-14(16)13-7-6-11-4-2-3-5-12(11)9-13;/h2-9,15H,1H3;/q;+1/p-1. The maximum absolute atomic E-state index is 11.9. The largest absolute Gasteiger partial charge is 0.657 e.